The lowest BCUT2D eigenvalue weighted by atomic mass is 9.37. The number of phenols is 2. The number of hydrogen-bond acceptors (Lipinski definition) is 10. The third-order valence-corrected chi connectivity index (χ3v) is 17.6. The van der Waals surface area contributed by atoms with Crippen LogP contribution in [0.3, 0.4) is 0 Å². The molecule has 10 heteroatoms. The smallest absolute Gasteiger partial charge is 0.160 e. The van der Waals surface area contributed by atoms with Crippen LogP contribution < -0.4 is 0 Å². The monoisotopic (exact) mass is 734 g/mol. The van der Waals surface area contributed by atoms with E-state index in [1.54, 1.807) is 12.1 Å². The first-order valence-corrected chi connectivity index (χ1v) is 20.1. The zero-order valence-corrected chi connectivity index (χ0v) is 31.4. The maximum atomic E-state index is 14.8. The maximum Gasteiger partial charge on any atom is 0.160 e. The highest BCUT2D eigenvalue weighted by Gasteiger charge is 2.83. The van der Waals surface area contributed by atoms with E-state index in [4.69, 9.17) is 4.74 Å². The summed E-state index contributed by atoms with van der Waals surface area (Å²) in [6.07, 6.45) is 7.61. The first-order valence-electron chi connectivity index (χ1n) is 20.1. The molecule has 10 nitrogen and oxygen atoms in total. The predicted octanol–water partition coefficient (Wildman–Crippen LogP) is 4.01. The number of carbonyl (C=O) groups excluding carboxylic acids is 1. The van der Waals surface area contributed by atoms with Gasteiger partial charge in [0.15, 0.2) is 17.3 Å². The van der Waals surface area contributed by atoms with Crippen molar-refractivity contribution in [3.8, 4) is 11.5 Å². The summed E-state index contributed by atoms with van der Waals surface area (Å²) in [6.45, 7) is 7.92. The SMILES string of the molecule is C[C@@H]1[C@H](O)[C@@]2(O[C@H]3C[C@@]4(O)C5=CC(=O)[C@@H]6[C@H](c7ccc(O)c(O)c7)[C@@H](O)[C@@H](O)C[C@]6(C)[C@H]5C5(CCCC5)C[C@]4(C)[C@H]3[C@]2(O)CCO)[C@@H]2C=C[C@@]1(C)CC2. The molecule has 1 heterocycles. The lowest BCUT2D eigenvalue weighted by Gasteiger charge is -2.67. The summed E-state index contributed by atoms with van der Waals surface area (Å²) >= 11 is 0. The molecule has 0 amide bonds. The molecular formula is C43H58O10. The zero-order valence-electron chi connectivity index (χ0n) is 31.4. The molecule has 16 atom stereocenters. The van der Waals surface area contributed by atoms with Crippen molar-refractivity contribution in [2.24, 2.45) is 51.2 Å². The van der Waals surface area contributed by atoms with Crippen LogP contribution in [0.2, 0.25) is 0 Å². The second-order valence-corrected chi connectivity index (χ2v) is 19.8. The van der Waals surface area contributed by atoms with Gasteiger partial charge < -0.3 is 45.6 Å². The van der Waals surface area contributed by atoms with E-state index in [-0.39, 0.29) is 66.3 Å². The van der Waals surface area contributed by atoms with Gasteiger partial charge in [0.2, 0.25) is 0 Å². The minimum absolute atomic E-state index is 0.0237. The van der Waals surface area contributed by atoms with E-state index in [9.17, 15) is 45.6 Å². The molecule has 1 aromatic carbocycles. The molecule has 2 bridgehead atoms. The van der Waals surface area contributed by atoms with Crippen LogP contribution in [0, 0.1) is 51.2 Å². The van der Waals surface area contributed by atoms with Crippen LogP contribution in [-0.2, 0) is 9.53 Å². The summed E-state index contributed by atoms with van der Waals surface area (Å²) < 4.78 is 7.21. The molecule has 1 aliphatic heterocycles. The third-order valence-electron chi connectivity index (χ3n) is 17.6. The molecule has 1 saturated heterocycles. The molecular weight excluding hydrogens is 676 g/mol. The highest BCUT2D eigenvalue weighted by molar-refractivity contribution is 5.96. The largest absolute Gasteiger partial charge is 0.504 e. The number of allylic oxidation sites excluding steroid dienone is 2. The Labute approximate surface area is 311 Å². The van der Waals surface area contributed by atoms with Crippen LogP contribution in [0.1, 0.15) is 103 Å². The van der Waals surface area contributed by atoms with E-state index in [2.05, 4.69) is 19.1 Å². The summed E-state index contributed by atoms with van der Waals surface area (Å²) in [5.74, 6) is -4.11. The number of fused-ring (bicyclic) bond motifs is 10. The molecule has 10 rings (SSSR count). The first-order chi connectivity index (χ1) is 24.9. The Hall–Kier alpha value is -2.31. The fraction of sp³-hybridized carbons (Fsp3) is 0.744. The van der Waals surface area contributed by atoms with Crippen LogP contribution in [0.4, 0.5) is 0 Å². The van der Waals surface area contributed by atoms with E-state index in [0.29, 0.717) is 17.6 Å². The van der Waals surface area contributed by atoms with Gasteiger partial charge in [-0.3, -0.25) is 4.79 Å². The second-order valence-electron chi connectivity index (χ2n) is 19.8. The van der Waals surface area contributed by atoms with Gasteiger partial charge in [-0.1, -0.05) is 58.8 Å². The summed E-state index contributed by atoms with van der Waals surface area (Å²) in [7, 11) is 0. The van der Waals surface area contributed by atoms with E-state index in [1.165, 1.54) is 12.1 Å². The zero-order chi connectivity index (χ0) is 37.9. The highest BCUT2D eigenvalue weighted by atomic mass is 16.6. The van der Waals surface area contributed by atoms with Crippen molar-refractivity contribution in [2.75, 3.05) is 6.61 Å². The van der Waals surface area contributed by atoms with Gasteiger partial charge in [-0.25, -0.2) is 0 Å². The molecule has 6 fully saturated rings. The van der Waals surface area contributed by atoms with Crippen LogP contribution in [0.15, 0.2) is 42.0 Å². The third kappa shape index (κ3) is 4.17. The summed E-state index contributed by atoms with van der Waals surface area (Å²) in [5, 5.41) is 93.9. The molecule has 0 aromatic heterocycles. The number of rotatable bonds is 3. The second kappa shape index (κ2) is 11.2. The van der Waals surface area contributed by atoms with E-state index < -0.39 is 75.2 Å². The van der Waals surface area contributed by atoms with Gasteiger partial charge in [0.25, 0.3) is 0 Å². The van der Waals surface area contributed by atoms with Crippen molar-refractivity contribution in [1.29, 1.82) is 0 Å². The van der Waals surface area contributed by atoms with Gasteiger partial charge in [0.05, 0.1) is 30.0 Å². The molecule has 8 aliphatic carbocycles. The number of aliphatic hydroxyl groups excluding tert-OH is 4. The number of benzene rings is 1. The quantitative estimate of drug-likeness (QED) is 0.167. The summed E-state index contributed by atoms with van der Waals surface area (Å²) in [6, 6.07) is 4.29. The number of ketones is 1. The highest BCUT2D eigenvalue weighted by Crippen LogP contribution is 2.79. The molecule has 9 aliphatic rings. The minimum Gasteiger partial charge on any atom is -0.504 e. The Morgan fingerprint density at radius 2 is 1.68 bits per heavy atom. The Kier molecular flexibility index (Phi) is 7.66. The van der Waals surface area contributed by atoms with E-state index in [0.717, 1.165) is 38.5 Å². The predicted molar refractivity (Wildman–Crippen MR) is 193 cm³/mol. The average Bonchev–Trinajstić information content (AvgIpc) is 3.69. The number of aliphatic hydroxyl groups is 6. The van der Waals surface area contributed by atoms with Crippen LogP contribution >= 0.6 is 0 Å². The molecule has 53 heavy (non-hydrogen) atoms. The van der Waals surface area contributed by atoms with Crippen LogP contribution in [0.5, 0.6) is 11.5 Å². The van der Waals surface area contributed by atoms with Crippen molar-refractivity contribution in [3.63, 3.8) is 0 Å². The van der Waals surface area contributed by atoms with Crippen molar-refractivity contribution in [2.45, 2.75) is 139 Å². The van der Waals surface area contributed by atoms with Crippen molar-refractivity contribution in [3.05, 3.63) is 47.6 Å². The molecule has 0 radical (unpaired) electrons. The lowest BCUT2D eigenvalue weighted by molar-refractivity contribution is -0.251. The van der Waals surface area contributed by atoms with Gasteiger partial charge in [-0.05, 0) is 96.0 Å². The maximum absolute atomic E-state index is 14.8. The molecule has 8 N–H and O–H groups in total. The molecule has 290 valence electrons. The lowest BCUT2D eigenvalue weighted by Crippen LogP contribution is -2.71. The van der Waals surface area contributed by atoms with Gasteiger partial charge in [-0.2, -0.15) is 0 Å². The average molecular weight is 735 g/mol. The van der Waals surface area contributed by atoms with Gasteiger partial charge in [-0.15, -0.1) is 0 Å². The topological polar surface area (TPSA) is 188 Å². The molecule has 0 unspecified atom stereocenters. The number of ether oxygens (including phenoxy) is 1. The number of carbonyl (C=O) groups is 1. The molecule has 1 aromatic rings. The van der Waals surface area contributed by atoms with Crippen LogP contribution in [0.25, 0.3) is 0 Å². The van der Waals surface area contributed by atoms with Crippen molar-refractivity contribution in [1.82, 2.24) is 0 Å². The van der Waals surface area contributed by atoms with Crippen molar-refractivity contribution < 1.29 is 50.4 Å². The first kappa shape index (κ1) is 36.3. The minimum atomic E-state index is -1.70. The standard InChI is InChI=1S/C43H58O10/c1-22-36(50)43(24-9-13-37(22,2)14-10-24)41(51,15-16-44)35-30(53-43)20-42(52)25-18-28(47)32-31(23-7-8-26(45)27(46)17-23)33(49)29(48)19-38(32,3)34(25)40(11-5-6-12-40)21-39(35,42)4/h7-9,13,17-18,22,24,29-36,44-46,48-52H,5-6,10-12,14-16,19-21H2,1-4H3/t22-,24-,29+,30+,31+,32-,33+,34+,35+,36+,37+,38+,39-,41-,42-,43+/m1/s1. The Morgan fingerprint density at radius 3 is 2.32 bits per heavy atom. The van der Waals surface area contributed by atoms with Gasteiger partial charge in [0, 0.05) is 48.5 Å². The Morgan fingerprint density at radius 1 is 0.962 bits per heavy atom. The molecule has 2 spiro atoms. The Bertz CT molecular complexity index is 1780. The van der Waals surface area contributed by atoms with Crippen molar-refractivity contribution >= 4 is 5.78 Å². The molecule has 5 saturated carbocycles. The Balaban J connectivity index is 1.21. The summed E-state index contributed by atoms with van der Waals surface area (Å²) in [4.78, 5) is 14.8. The normalized spacial score (nSPS) is 53.3. The number of hydrogen-bond donors (Lipinski definition) is 8. The fourth-order valence-electron chi connectivity index (χ4n) is 15.4. The fourth-order valence-corrected chi connectivity index (χ4v) is 15.4. The number of aromatic hydroxyl groups is 2. The number of phenolic OH excluding ortho intramolecular Hbond substituents is 2. The van der Waals surface area contributed by atoms with E-state index >= 15 is 0 Å². The summed E-state index contributed by atoms with van der Waals surface area (Å²) in [5.41, 5.74) is -6.19. The van der Waals surface area contributed by atoms with Crippen LogP contribution in [-0.4, -0.2) is 94.5 Å². The van der Waals surface area contributed by atoms with Gasteiger partial charge in [0.1, 0.15) is 11.2 Å². The van der Waals surface area contributed by atoms with Gasteiger partial charge >= 0.3 is 0 Å². The van der Waals surface area contributed by atoms with E-state index in [1.807, 2.05) is 20.8 Å².